The topological polar surface area (TPSA) is 52.0 Å². The molecule has 1 heterocycles. The third-order valence-corrected chi connectivity index (χ3v) is 6.91. The molecule has 4 N–H and O–H groups in total. The fourth-order valence-electron chi connectivity index (χ4n) is 2.01. The molecule has 0 fully saturated rings. The first-order valence-electron chi connectivity index (χ1n) is 5.77. The van der Waals surface area contributed by atoms with Crippen molar-refractivity contribution in [1.82, 2.24) is 0 Å². The average Bonchev–Trinajstić information content (AvgIpc) is 2.62. The number of benzene rings is 1. The minimum absolute atomic E-state index is 0.213. The van der Waals surface area contributed by atoms with E-state index < -0.39 is 10.9 Å². The Morgan fingerprint density at radius 2 is 1.88 bits per heavy atom. The number of nitrogens with two attached hydrogens (primary N) is 2. The molecule has 94 valence electrons. The third-order valence-electron chi connectivity index (χ3n) is 3.08. The molecule has 17 heavy (non-hydrogen) atoms. The lowest BCUT2D eigenvalue weighted by Crippen LogP contribution is -2.26. The first kappa shape index (κ1) is 12.7. The second kappa shape index (κ2) is 4.88. The van der Waals surface area contributed by atoms with Crippen LogP contribution >= 0.6 is 22.2 Å². The van der Waals surface area contributed by atoms with Crippen molar-refractivity contribution in [2.24, 2.45) is 11.7 Å². The van der Waals surface area contributed by atoms with Gasteiger partial charge in [0.25, 0.3) is 0 Å². The Bertz CT molecular complexity index is 519. The summed E-state index contributed by atoms with van der Waals surface area (Å²) in [5.41, 5.74) is 12.5. The minimum Gasteiger partial charge on any atom is -0.390 e. The van der Waals surface area contributed by atoms with Gasteiger partial charge < -0.3 is 11.5 Å². The van der Waals surface area contributed by atoms with E-state index in [1.54, 1.807) is 11.3 Å². The third kappa shape index (κ3) is 2.30. The van der Waals surface area contributed by atoms with Crippen LogP contribution in [-0.2, 0) is 0 Å². The smallest absolute Gasteiger partial charge is 0.0990 e. The van der Waals surface area contributed by atoms with E-state index in [0.29, 0.717) is 5.92 Å². The molecule has 0 aliphatic heterocycles. The second-order valence-corrected chi connectivity index (χ2v) is 8.01. The maximum Gasteiger partial charge on any atom is 0.0990 e. The monoisotopic (exact) mass is 268 g/mol. The van der Waals surface area contributed by atoms with Crippen LogP contribution in [-0.4, -0.2) is 11.6 Å². The van der Waals surface area contributed by atoms with Crippen molar-refractivity contribution >= 4 is 37.3 Å². The van der Waals surface area contributed by atoms with Crippen LogP contribution in [0.2, 0.25) is 0 Å². The van der Waals surface area contributed by atoms with Crippen molar-refractivity contribution in [3.8, 4) is 0 Å². The van der Waals surface area contributed by atoms with Crippen LogP contribution in [0.3, 0.4) is 0 Å². The Kier molecular flexibility index (Phi) is 3.66. The molecule has 2 rings (SSSR count). The largest absolute Gasteiger partial charge is 0.390 e. The number of thiol groups is 1. The summed E-state index contributed by atoms with van der Waals surface area (Å²) in [6, 6.07) is 8.41. The summed E-state index contributed by atoms with van der Waals surface area (Å²) in [5, 5.41) is 2.45. The first-order valence-corrected chi connectivity index (χ1v) is 8.45. The van der Waals surface area contributed by atoms with Crippen molar-refractivity contribution in [3.05, 3.63) is 24.3 Å². The SMILES string of the molecule is CC(C)C(N)[SH](C)c1c(N)sc2ccccc12. The zero-order valence-electron chi connectivity index (χ0n) is 10.5. The molecule has 0 saturated carbocycles. The van der Waals surface area contributed by atoms with E-state index in [2.05, 4.69) is 44.4 Å². The van der Waals surface area contributed by atoms with E-state index in [4.69, 9.17) is 11.5 Å². The molecule has 2 nitrogen and oxygen atoms in total. The molecule has 0 bridgehead atoms. The highest BCUT2D eigenvalue weighted by Gasteiger charge is 2.20. The van der Waals surface area contributed by atoms with Crippen LogP contribution in [0.15, 0.2) is 29.2 Å². The maximum atomic E-state index is 6.29. The first-order chi connectivity index (χ1) is 8.02. The summed E-state index contributed by atoms with van der Waals surface area (Å²) in [7, 11) is -0.397. The number of hydrogen-bond donors (Lipinski definition) is 3. The Labute approximate surface area is 109 Å². The predicted octanol–water partition coefficient (Wildman–Crippen LogP) is 3.41. The molecule has 1 aromatic heterocycles. The molecule has 2 atom stereocenters. The molecule has 0 amide bonds. The van der Waals surface area contributed by atoms with E-state index in [0.717, 1.165) is 5.00 Å². The highest BCUT2D eigenvalue weighted by molar-refractivity contribution is 8.17. The van der Waals surface area contributed by atoms with Crippen LogP contribution in [0.4, 0.5) is 5.00 Å². The zero-order valence-corrected chi connectivity index (χ0v) is 12.2. The lowest BCUT2D eigenvalue weighted by molar-refractivity contribution is 0.621. The van der Waals surface area contributed by atoms with Crippen molar-refractivity contribution in [3.63, 3.8) is 0 Å². The van der Waals surface area contributed by atoms with Gasteiger partial charge in [-0.3, -0.25) is 0 Å². The molecule has 4 heteroatoms. The lowest BCUT2D eigenvalue weighted by Gasteiger charge is -2.27. The Morgan fingerprint density at radius 1 is 1.24 bits per heavy atom. The van der Waals surface area contributed by atoms with Crippen molar-refractivity contribution in [2.45, 2.75) is 24.1 Å². The van der Waals surface area contributed by atoms with Crippen LogP contribution in [0.25, 0.3) is 10.1 Å². The summed E-state index contributed by atoms with van der Waals surface area (Å²) in [5.74, 6) is 0.490. The number of hydrogen-bond acceptors (Lipinski definition) is 3. The van der Waals surface area contributed by atoms with E-state index >= 15 is 0 Å². The van der Waals surface area contributed by atoms with Gasteiger partial charge in [-0.05, 0) is 18.2 Å². The van der Waals surface area contributed by atoms with E-state index in [1.807, 2.05) is 0 Å². The van der Waals surface area contributed by atoms with E-state index in [-0.39, 0.29) is 5.37 Å². The van der Waals surface area contributed by atoms with Crippen LogP contribution in [0.1, 0.15) is 13.8 Å². The Balaban J connectivity index is 2.51. The summed E-state index contributed by atoms with van der Waals surface area (Å²) in [4.78, 5) is 1.29. The highest BCUT2D eigenvalue weighted by Crippen LogP contribution is 2.49. The van der Waals surface area contributed by atoms with Crippen molar-refractivity contribution in [1.29, 1.82) is 0 Å². The van der Waals surface area contributed by atoms with E-state index in [1.165, 1.54) is 15.0 Å². The van der Waals surface area contributed by atoms with Gasteiger partial charge in [0.2, 0.25) is 0 Å². The van der Waals surface area contributed by atoms with Gasteiger partial charge in [-0.25, -0.2) is 10.9 Å². The molecular formula is C13H20N2S2. The average molecular weight is 268 g/mol. The maximum absolute atomic E-state index is 6.29. The standard InChI is InChI=1S/C13H20N2S2/c1-8(2)13(15)17(3)11-9-6-4-5-7-10(9)16-12(11)14/h4-8,13,17H,14-15H2,1-3H3. The van der Waals surface area contributed by atoms with Crippen LogP contribution < -0.4 is 11.5 Å². The van der Waals surface area contributed by atoms with Crippen molar-refractivity contribution in [2.75, 3.05) is 12.0 Å². The molecule has 0 aliphatic carbocycles. The molecule has 0 radical (unpaired) electrons. The normalized spacial score (nSPS) is 16.4. The number of rotatable bonds is 3. The fraction of sp³-hybridized carbons (Fsp3) is 0.385. The Morgan fingerprint density at radius 3 is 2.53 bits per heavy atom. The van der Waals surface area contributed by atoms with Gasteiger partial charge in [-0.2, -0.15) is 0 Å². The number of anilines is 1. The van der Waals surface area contributed by atoms with Gasteiger partial charge in [-0.15, -0.1) is 11.3 Å². The van der Waals surface area contributed by atoms with Crippen LogP contribution in [0.5, 0.6) is 0 Å². The number of nitrogen functional groups attached to an aromatic ring is 1. The number of thiophene rings is 1. The van der Waals surface area contributed by atoms with Gasteiger partial charge >= 0.3 is 0 Å². The molecule has 1 aromatic carbocycles. The van der Waals surface area contributed by atoms with Gasteiger partial charge in [0, 0.05) is 20.4 Å². The van der Waals surface area contributed by atoms with E-state index in [9.17, 15) is 0 Å². The summed E-state index contributed by atoms with van der Waals surface area (Å²) in [6.45, 7) is 4.35. The summed E-state index contributed by atoms with van der Waals surface area (Å²) in [6.07, 6.45) is 2.24. The van der Waals surface area contributed by atoms with Crippen LogP contribution in [0, 0.1) is 5.92 Å². The molecule has 0 saturated heterocycles. The molecule has 2 unspecified atom stereocenters. The van der Waals surface area contributed by atoms with Gasteiger partial charge in [0.05, 0.1) is 5.00 Å². The summed E-state index contributed by atoms with van der Waals surface area (Å²) >= 11 is 1.67. The zero-order chi connectivity index (χ0) is 12.6. The lowest BCUT2D eigenvalue weighted by atomic mass is 10.2. The fourth-order valence-corrected chi connectivity index (χ4v) is 5.64. The van der Waals surface area contributed by atoms with Gasteiger partial charge in [0.1, 0.15) is 0 Å². The second-order valence-electron chi connectivity index (χ2n) is 4.66. The molecule has 0 spiro atoms. The molecule has 2 aromatic rings. The quantitative estimate of drug-likeness (QED) is 0.747. The van der Waals surface area contributed by atoms with Gasteiger partial charge in [0.15, 0.2) is 0 Å². The summed E-state index contributed by atoms with van der Waals surface area (Å²) < 4.78 is 1.27. The highest BCUT2D eigenvalue weighted by atomic mass is 32.2. The van der Waals surface area contributed by atoms with Crippen molar-refractivity contribution < 1.29 is 0 Å². The number of fused-ring (bicyclic) bond motifs is 1. The predicted molar refractivity (Wildman–Crippen MR) is 82.2 cm³/mol. The van der Waals surface area contributed by atoms with Gasteiger partial charge in [-0.1, -0.05) is 32.0 Å². The molecular weight excluding hydrogens is 248 g/mol. The molecule has 0 aliphatic rings. The minimum atomic E-state index is -0.397. The Hall–Kier alpha value is -0.710.